The monoisotopic (exact) mass is 379 g/mol. The SMILES string of the molecule is CC(=O)NCCNC(=O)c1cnn2c(C)c(Cc3ccccc3C)c(C)nc12. The predicted molar refractivity (Wildman–Crippen MR) is 107 cm³/mol. The van der Waals surface area contributed by atoms with Crippen molar-refractivity contribution in [3.63, 3.8) is 0 Å². The molecule has 3 aromatic rings. The topological polar surface area (TPSA) is 88.4 Å². The van der Waals surface area contributed by atoms with Gasteiger partial charge in [-0.2, -0.15) is 5.10 Å². The molecule has 1 aromatic carbocycles. The summed E-state index contributed by atoms with van der Waals surface area (Å²) in [6.45, 7) is 8.23. The third-order valence-corrected chi connectivity index (χ3v) is 4.87. The number of amides is 2. The Morgan fingerprint density at radius 2 is 1.79 bits per heavy atom. The number of carbonyl (C=O) groups is 2. The molecule has 7 heteroatoms. The highest BCUT2D eigenvalue weighted by molar-refractivity contribution is 5.99. The largest absolute Gasteiger partial charge is 0.355 e. The Labute approximate surface area is 164 Å². The first kappa shape index (κ1) is 19.5. The molecule has 28 heavy (non-hydrogen) atoms. The lowest BCUT2D eigenvalue weighted by atomic mass is 9.99. The van der Waals surface area contributed by atoms with E-state index >= 15 is 0 Å². The molecule has 0 atom stereocenters. The fourth-order valence-corrected chi connectivity index (χ4v) is 3.24. The van der Waals surface area contributed by atoms with E-state index < -0.39 is 0 Å². The second kappa shape index (κ2) is 8.21. The normalized spacial score (nSPS) is 10.9. The zero-order valence-corrected chi connectivity index (χ0v) is 16.7. The smallest absolute Gasteiger partial charge is 0.256 e. The summed E-state index contributed by atoms with van der Waals surface area (Å²) in [6.07, 6.45) is 2.31. The van der Waals surface area contributed by atoms with E-state index in [1.807, 2.05) is 26.0 Å². The molecule has 2 amide bonds. The van der Waals surface area contributed by atoms with Gasteiger partial charge in [0.25, 0.3) is 5.91 Å². The summed E-state index contributed by atoms with van der Waals surface area (Å²) >= 11 is 0. The van der Waals surface area contributed by atoms with Crippen LogP contribution in [0, 0.1) is 20.8 Å². The fraction of sp³-hybridized carbons (Fsp3) is 0.333. The molecule has 0 bridgehead atoms. The van der Waals surface area contributed by atoms with E-state index in [2.05, 4.69) is 39.8 Å². The number of hydrogen-bond donors (Lipinski definition) is 2. The highest BCUT2D eigenvalue weighted by Gasteiger charge is 2.18. The number of aromatic nitrogens is 3. The maximum atomic E-state index is 12.5. The molecule has 0 saturated heterocycles. The summed E-state index contributed by atoms with van der Waals surface area (Å²) in [7, 11) is 0. The predicted octanol–water partition coefficient (Wildman–Crippen LogP) is 2.11. The van der Waals surface area contributed by atoms with Crippen LogP contribution in [0.15, 0.2) is 30.5 Å². The van der Waals surface area contributed by atoms with Crippen LogP contribution in [-0.2, 0) is 11.2 Å². The minimum atomic E-state index is -0.252. The quantitative estimate of drug-likeness (QED) is 0.642. The highest BCUT2D eigenvalue weighted by Crippen LogP contribution is 2.21. The van der Waals surface area contributed by atoms with Crippen molar-refractivity contribution in [3.05, 3.63) is 64.1 Å². The van der Waals surface area contributed by atoms with Crippen molar-refractivity contribution in [1.29, 1.82) is 0 Å². The Kier molecular flexibility index (Phi) is 5.73. The molecule has 146 valence electrons. The molecule has 3 rings (SSSR count). The van der Waals surface area contributed by atoms with Gasteiger partial charge in [-0.15, -0.1) is 0 Å². The molecule has 0 aliphatic rings. The third-order valence-electron chi connectivity index (χ3n) is 4.87. The molecule has 0 aliphatic carbocycles. The summed E-state index contributed by atoms with van der Waals surface area (Å²) in [5.41, 5.74) is 6.43. The van der Waals surface area contributed by atoms with Crippen LogP contribution in [0.4, 0.5) is 0 Å². The van der Waals surface area contributed by atoms with E-state index in [0.717, 1.165) is 23.4 Å². The molecule has 2 heterocycles. The average Bonchev–Trinajstić information content (AvgIpc) is 3.07. The highest BCUT2D eigenvalue weighted by atomic mass is 16.2. The summed E-state index contributed by atoms with van der Waals surface area (Å²) in [6, 6.07) is 8.29. The van der Waals surface area contributed by atoms with Crippen molar-refractivity contribution < 1.29 is 9.59 Å². The van der Waals surface area contributed by atoms with E-state index in [-0.39, 0.29) is 11.8 Å². The van der Waals surface area contributed by atoms with Gasteiger partial charge in [0, 0.05) is 37.8 Å². The van der Waals surface area contributed by atoms with Crippen molar-refractivity contribution in [3.8, 4) is 0 Å². The van der Waals surface area contributed by atoms with Crippen LogP contribution < -0.4 is 10.6 Å². The van der Waals surface area contributed by atoms with Crippen LogP contribution >= 0.6 is 0 Å². The van der Waals surface area contributed by atoms with E-state index in [1.54, 1.807) is 10.7 Å². The molecular weight excluding hydrogens is 354 g/mol. The second-order valence-electron chi connectivity index (χ2n) is 6.90. The summed E-state index contributed by atoms with van der Waals surface area (Å²) in [5.74, 6) is -0.377. The van der Waals surface area contributed by atoms with Crippen molar-refractivity contribution in [2.45, 2.75) is 34.1 Å². The maximum Gasteiger partial charge on any atom is 0.256 e. The van der Waals surface area contributed by atoms with E-state index in [1.165, 1.54) is 18.1 Å². The van der Waals surface area contributed by atoms with Crippen molar-refractivity contribution in [2.75, 3.05) is 13.1 Å². The summed E-state index contributed by atoms with van der Waals surface area (Å²) < 4.78 is 1.73. The number of carbonyl (C=O) groups excluding carboxylic acids is 2. The summed E-state index contributed by atoms with van der Waals surface area (Å²) in [4.78, 5) is 28.1. The van der Waals surface area contributed by atoms with E-state index in [0.29, 0.717) is 24.3 Å². The Morgan fingerprint density at radius 3 is 2.50 bits per heavy atom. The van der Waals surface area contributed by atoms with Crippen LogP contribution in [0.1, 0.15) is 45.4 Å². The van der Waals surface area contributed by atoms with Crippen LogP contribution in [0.5, 0.6) is 0 Å². The minimum absolute atomic E-state index is 0.126. The van der Waals surface area contributed by atoms with Gasteiger partial charge in [-0.1, -0.05) is 24.3 Å². The zero-order chi connectivity index (χ0) is 20.3. The Bertz CT molecular complexity index is 1040. The van der Waals surface area contributed by atoms with E-state index in [9.17, 15) is 9.59 Å². The molecule has 0 saturated carbocycles. The van der Waals surface area contributed by atoms with Gasteiger partial charge in [0.05, 0.1) is 6.20 Å². The molecule has 7 nitrogen and oxygen atoms in total. The number of hydrogen-bond acceptors (Lipinski definition) is 4. The first-order chi connectivity index (χ1) is 13.4. The summed E-state index contributed by atoms with van der Waals surface area (Å²) in [5, 5.41) is 9.82. The standard InChI is InChI=1S/C21H25N5O2/c1-13-7-5-6-8-17(13)11-18-14(2)25-20-19(12-24-26(20)15(18)3)21(28)23-10-9-22-16(4)27/h5-8,12H,9-11H2,1-4H3,(H,22,27)(H,23,28). The van der Waals surface area contributed by atoms with Crippen LogP contribution in [0.3, 0.4) is 0 Å². The molecular formula is C21H25N5O2. The molecule has 0 spiro atoms. The lowest BCUT2D eigenvalue weighted by Gasteiger charge is -2.13. The second-order valence-corrected chi connectivity index (χ2v) is 6.90. The molecule has 0 unspecified atom stereocenters. The number of nitrogens with one attached hydrogen (secondary N) is 2. The van der Waals surface area contributed by atoms with Gasteiger partial charge in [-0.05, 0) is 37.5 Å². The number of fused-ring (bicyclic) bond motifs is 1. The lowest BCUT2D eigenvalue weighted by Crippen LogP contribution is -2.33. The first-order valence-corrected chi connectivity index (χ1v) is 9.29. The van der Waals surface area contributed by atoms with Gasteiger partial charge in [0.2, 0.25) is 5.91 Å². The number of benzene rings is 1. The average molecular weight is 379 g/mol. The van der Waals surface area contributed by atoms with Gasteiger partial charge in [0.1, 0.15) is 5.56 Å². The van der Waals surface area contributed by atoms with Gasteiger partial charge in [-0.25, -0.2) is 9.50 Å². The zero-order valence-electron chi connectivity index (χ0n) is 16.7. The molecule has 0 aliphatic heterocycles. The fourth-order valence-electron chi connectivity index (χ4n) is 3.24. The molecule has 0 radical (unpaired) electrons. The first-order valence-electron chi connectivity index (χ1n) is 9.29. The maximum absolute atomic E-state index is 12.5. The molecule has 2 N–H and O–H groups in total. The molecule has 2 aromatic heterocycles. The van der Waals surface area contributed by atoms with Gasteiger partial charge in [0.15, 0.2) is 5.65 Å². The van der Waals surface area contributed by atoms with Crippen LogP contribution in [0.25, 0.3) is 5.65 Å². The van der Waals surface area contributed by atoms with Crippen LogP contribution in [0.2, 0.25) is 0 Å². The van der Waals surface area contributed by atoms with Crippen LogP contribution in [-0.4, -0.2) is 39.5 Å². The third kappa shape index (κ3) is 4.03. The number of rotatable bonds is 6. The van der Waals surface area contributed by atoms with Gasteiger partial charge >= 0.3 is 0 Å². The van der Waals surface area contributed by atoms with Crippen molar-refractivity contribution >= 4 is 17.5 Å². The Hall–Kier alpha value is -3.22. The van der Waals surface area contributed by atoms with Gasteiger partial charge in [-0.3, -0.25) is 9.59 Å². The Morgan fingerprint density at radius 1 is 1.07 bits per heavy atom. The number of nitrogens with zero attached hydrogens (tertiary/aromatic N) is 3. The minimum Gasteiger partial charge on any atom is -0.355 e. The Balaban J connectivity index is 1.86. The number of aryl methyl sites for hydroxylation is 3. The lowest BCUT2D eigenvalue weighted by molar-refractivity contribution is -0.118. The van der Waals surface area contributed by atoms with Gasteiger partial charge < -0.3 is 10.6 Å². The van der Waals surface area contributed by atoms with E-state index in [4.69, 9.17) is 0 Å². The van der Waals surface area contributed by atoms with Crippen molar-refractivity contribution in [1.82, 2.24) is 25.2 Å². The van der Waals surface area contributed by atoms with Crippen molar-refractivity contribution in [2.24, 2.45) is 0 Å². The molecule has 0 fully saturated rings.